The first-order valence-corrected chi connectivity index (χ1v) is 8.51. The zero-order valence-electron chi connectivity index (χ0n) is 13.9. The molecule has 6 heteroatoms. The molecule has 124 valence electrons. The van der Waals surface area contributed by atoms with Crippen LogP contribution in [0.3, 0.4) is 0 Å². The van der Waals surface area contributed by atoms with Crippen LogP contribution in [0.2, 0.25) is 0 Å². The van der Waals surface area contributed by atoms with E-state index < -0.39 is 0 Å². The minimum absolute atomic E-state index is 0.861. The fraction of sp³-hybridized carbons (Fsp3) is 0.211. The average molecular weight is 330 g/mol. The largest absolute Gasteiger partial charge is 0.370 e. The summed E-state index contributed by atoms with van der Waals surface area (Å²) in [6, 6.07) is 12.4. The van der Waals surface area contributed by atoms with Gasteiger partial charge in [0.2, 0.25) is 0 Å². The van der Waals surface area contributed by atoms with Crippen molar-refractivity contribution in [3.8, 4) is 11.4 Å². The minimum atomic E-state index is 0.861. The number of aliphatic imine (C=N–C) groups is 1. The fourth-order valence-corrected chi connectivity index (χ4v) is 3.30. The molecule has 0 radical (unpaired) electrons. The Labute approximate surface area is 144 Å². The van der Waals surface area contributed by atoms with Crippen LogP contribution in [0.25, 0.3) is 33.5 Å². The van der Waals surface area contributed by atoms with Gasteiger partial charge in [-0.25, -0.2) is 9.97 Å². The first-order valence-electron chi connectivity index (χ1n) is 8.51. The molecule has 0 atom stereocenters. The van der Waals surface area contributed by atoms with Crippen molar-refractivity contribution in [1.29, 1.82) is 0 Å². The normalized spacial score (nSPS) is 14.7. The number of hydrogen-bond acceptors (Lipinski definition) is 4. The number of benzene rings is 2. The maximum atomic E-state index is 4.73. The lowest BCUT2D eigenvalue weighted by molar-refractivity contribution is 0.742. The molecule has 0 saturated heterocycles. The van der Waals surface area contributed by atoms with Gasteiger partial charge in [0.25, 0.3) is 0 Å². The SMILES string of the molecule is Cc1nc2ccc(-c3nc4ccc(C5=NCCCN5)cc4[nH]3)cc2[nH]1. The summed E-state index contributed by atoms with van der Waals surface area (Å²) in [7, 11) is 0. The number of amidine groups is 1. The molecule has 6 nitrogen and oxygen atoms in total. The Morgan fingerprint density at radius 3 is 2.48 bits per heavy atom. The number of rotatable bonds is 2. The van der Waals surface area contributed by atoms with Crippen molar-refractivity contribution < 1.29 is 0 Å². The van der Waals surface area contributed by atoms with Crippen LogP contribution >= 0.6 is 0 Å². The molecular weight excluding hydrogens is 312 g/mol. The van der Waals surface area contributed by atoms with Gasteiger partial charge in [0.15, 0.2) is 0 Å². The smallest absolute Gasteiger partial charge is 0.138 e. The van der Waals surface area contributed by atoms with Gasteiger partial charge < -0.3 is 15.3 Å². The van der Waals surface area contributed by atoms with Crippen LogP contribution < -0.4 is 5.32 Å². The molecule has 0 bridgehead atoms. The van der Waals surface area contributed by atoms with Crippen LogP contribution in [0.1, 0.15) is 17.8 Å². The Balaban J connectivity index is 1.57. The van der Waals surface area contributed by atoms with E-state index in [1.165, 1.54) is 0 Å². The first kappa shape index (κ1) is 14.2. The summed E-state index contributed by atoms with van der Waals surface area (Å²) in [6.07, 6.45) is 1.09. The third-order valence-electron chi connectivity index (χ3n) is 4.53. The van der Waals surface area contributed by atoms with E-state index in [9.17, 15) is 0 Å². The van der Waals surface area contributed by atoms with Crippen LogP contribution in [0.5, 0.6) is 0 Å². The lowest BCUT2D eigenvalue weighted by Gasteiger charge is -2.14. The third kappa shape index (κ3) is 2.46. The van der Waals surface area contributed by atoms with Crippen molar-refractivity contribution in [3.05, 3.63) is 47.8 Å². The Bertz CT molecular complexity index is 1120. The van der Waals surface area contributed by atoms with Gasteiger partial charge in [0, 0.05) is 24.2 Å². The highest BCUT2D eigenvalue weighted by molar-refractivity contribution is 6.01. The number of nitrogens with one attached hydrogen (secondary N) is 3. The average Bonchev–Trinajstić information content (AvgIpc) is 3.23. The van der Waals surface area contributed by atoms with Crippen molar-refractivity contribution >= 4 is 27.9 Å². The number of H-pyrrole nitrogens is 2. The van der Waals surface area contributed by atoms with Crippen LogP contribution in [0.4, 0.5) is 0 Å². The van der Waals surface area contributed by atoms with E-state index in [0.717, 1.165) is 70.2 Å². The van der Waals surface area contributed by atoms with E-state index in [2.05, 4.69) is 43.5 Å². The first-order chi connectivity index (χ1) is 12.3. The molecular formula is C19H18N6. The van der Waals surface area contributed by atoms with Crippen LogP contribution in [-0.4, -0.2) is 38.9 Å². The Kier molecular flexibility index (Phi) is 3.09. The maximum absolute atomic E-state index is 4.73. The second-order valence-corrected chi connectivity index (χ2v) is 6.38. The van der Waals surface area contributed by atoms with Crippen molar-refractivity contribution in [2.75, 3.05) is 13.1 Å². The summed E-state index contributed by atoms with van der Waals surface area (Å²) in [5, 5.41) is 3.37. The van der Waals surface area contributed by atoms with Crippen LogP contribution in [0.15, 0.2) is 41.4 Å². The van der Waals surface area contributed by atoms with Crippen LogP contribution in [-0.2, 0) is 0 Å². The molecule has 0 unspecified atom stereocenters. The number of fused-ring (bicyclic) bond motifs is 2. The van der Waals surface area contributed by atoms with Crippen LogP contribution in [0, 0.1) is 6.92 Å². The molecule has 0 aliphatic carbocycles. The highest BCUT2D eigenvalue weighted by atomic mass is 15.0. The van der Waals surface area contributed by atoms with Gasteiger partial charge in [-0.05, 0) is 49.7 Å². The van der Waals surface area contributed by atoms with E-state index in [0.29, 0.717) is 0 Å². The Morgan fingerprint density at radius 2 is 1.64 bits per heavy atom. The number of hydrogen-bond donors (Lipinski definition) is 3. The van der Waals surface area contributed by atoms with Gasteiger partial charge in [-0.15, -0.1) is 0 Å². The van der Waals surface area contributed by atoms with Crippen molar-refractivity contribution in [3.63, 3.8) is 0 Å². The molecule has 0 spiro atoms. The zero-order valence-corrected chi connectivity index (χ0v) is 13.9. The summed E-state index contributed by atoms with van der Waals surface area (Å²) in [4.78, 5) is 20.5. The standard InChI is InChI=1S/C19H18N6/c1-11-22-14-5-4-13(10-16(14)23-11)19-24-15-6-3-12(9-17(15)25-19)18-20-7-2-8-21-18/h3-6,9-10H,2,7-8H2,1H3,(H,20,21)(H,22,23)(H,24,25). The number of nitrogens with zero attached hydrogens (tertiary/aromatic N) is 3. The van der Waals surface area contributed by atoms with Crippen molar-refractivity contribution in [2.24, 2.45) is 4.99 Å². The second kappa shape index (κ2) is 5.44. The number of imidazole rings is 2. The highest BCUT2D eigenvalue weighted by Crippen LogP contribution is 2.24. The summed E-state index contributed by atoms with van der Waals surface area (Å²) >= 11 is 0. The maximum Gasteiger partial charge on any atom is 0.138 e. The Hall–Kier alpha value is -3.15. The minimum Gasteiger partial charge on any atom is -0.370 e. The van der Waals surface area contributed by atoms with Gasteiger partial charge in [0.05, 0.1) is 22.1 Å². The lowest BCUT2D eigenvalue weighted by atomic mass is 10.1. The van der Waals surface area contributed by atoms with E-state index in [4.69, 9.17) is 4.98 Å². The predicted octanol–water partition coefficient (Wildman–Crippen LogP) is 3.15. The van der Waals surface area contributed by atoms with Crippen molar-refractivity contribution in [2.45, 2.75) is 13.3 Å². The second-order valence-electron chi connectivity index (χ2n) is 6.38. The molecule has 3 N–H and O–H groups in total. The van der Waals surface area contributed by atoms with E-state index >= 15 is 0 Å². The van der Waals surface area contributed by atoms with Gasteiger partial charge in [-0.2, -0.15) is 0 Å². The molecule has 4 aromatic rings. The van der Waals surface area contributed by atoms with Gasteiger partial charge in [-0.1, -0.05) is 0 Å². The lowest BCUT2D eigenvalue weighted by Crippen LogP contribution is -2.30. The molecule has 0 amide bonds. The highest BCUT2D eigenvalue weighted by Gasteiger charge is 2.11. The molecule has 3 heterocycles. The Morgan fingerprint density at radius 1 is 0.880 bits per heavy atom. The monoisotopic (exact) mass is 330 g/mol. The van der Waals surface area contributed by atoms with E-state index in [1.54, 1.807) is 0 Å². The van der Waals surface area contributed by atoms with Gasteiger partial charge in [0.1, 0.15) is 17.5 Å². The third-order valence-corrected chi connectivity index (χ3v) is 4.53. The number of aromatic nitrogens is 4. The molecule has 2 aromatic heterocycles. The molecule has 1 aliphatic heterocycles. The quantitative estimate of drug-likeness (QED) is 0.528. The summed E-state index contributed by atoms with van der Waals surface area (Å²) < 4.78 is 0. The summed E-state index contributed by atoms with van der Waals surface area (Å²) in [5.74, 6) is 2.75. The topological polar surface area (TPSA) is 81.8 Å². The number of aromatic amines is 2. The fourth-order valence-electron chi connectivity index (χ4n) is 3.30. The number of aryl methyl sites for hydroxylation is 1. The molecule has 0 fully saturated rings. The van der Waals surface area contributed by atoms with E-state index in [1.807, 2.05) is 25.1 Å². The predicted molar refractivity (Wildman–Crippen MR) is 99.9 cm³/mol. The molecule has 2 aromatic carbocycles. The van der Waals surface area contributed by atoms with Gasteiger partial charge in [-0.3, -0.25) is 4.99 Å². The molecule has 0 saturated carbocycles. The molecule has 25 heavy (non-hydrogen) atoms. The summed E-state index contributed by atoms with van der Waals surface area (Å²) in [5.41, 5.74) is 6.11. The van der Waals surface area contributed by atoms with Gasteiger partial charge >= 0.3 is 0 Å². The molecule has 1 aliphatic rings. The summed E-state index contributed by atoms with van der Waals surface area (Å²) in [6.45, 7) is 3.83. The molecule has 5 rings (SSSR count). The van der Waals surface area contributed by atoms with Crippen molar-refractivity contribution in [1.82, 2.24) is 25.3 Å². The van der Waals surface area contributed by atoms with E-state index in [-0.39, 0.29) is 0 Å². The zero-order chi connectivity index (χ0) is 16.8.